The van der Waals surface area contributed by atoms with Crippen LogP contribution >= 0.6 is 0 Å². The summed E-state index contributed by atoms with van der Waals surface area (Å²) in [5.41, 5.74) is 1.78. The number of esters is 1. The van der Waals surface area contributed by atoms with Crippen molar-refractivity contribution < 1.29 is 28.9 Å². The fourth-order valence-electron chi connectivity index (χ4n) is 4.92. The summed E-state index contributed by atoms with van der Waals surface area (Å²) in [4.78, 5) is 25.9. The van der Waals surface area contributed by atoms with E-state index < -0.39 is 29.7 Å². The van der Waals surface area contributed by atoms with Gasteiger partial charge in [0.25, 0.3) is 0 Å². The lowest BCUT2D eigenvalue weighted by atomic mass is 9.84. The van der Waals surface area contributed by atoms with E-state index in [-0.39, 0.29) is 24.6 Å². The van der Waals surface area contributed by atoms with E-state index in [4.69, 9.17) is 14.2 Å². The first kappa shape index (κ1) is 23.8. The molecule has 3 atom stereocenters. The summed E-state index contributed by atoms with van der Waals surface area (Å²) in [5, 5.41) is 10.9. The number of phenolic OH excluding ortho intramolecular Hbond substituents is 1. The van der Waals surface area contributed by atoms with Crippen LogP contribution in [0.5, 0.6) is 11.5 Å². The van der Waals surface area contributed by atoms with Crippen LogP contribution < -0.4 is 4.74 Å². The van der Waals surface area contributed by atoms with E-state index >= 15 is 0 Å². The quantitative estimate of drug-likeness (QED) is 0.374. The smallest absolute Gasteiger partial charge is 0.331 e. The number of hydrogen-bond donors (Lipinski definition) is 1. The Morgan fingerprint density at radius 1 is 1.03 bits per heavy atom. The van der Waals surface area contributed by atoms with Gasteiger partial charge in [0, 0.05) is 11.6 Å². The second-order valence-electron chi connectivity index (χ2n) is 9.64. The minimum absolute atomic E-state index is 0.0255. The number of carbonyl (C=O) groups is 2. The Kier molecular flexibility index (Phi) is 6.37. The van der Waals surface area contributed by atoms with Crippen molar-refractivity contribution in [1.29, 1.82) is 0 Å². The molecule has 3 aromatic rings. The Hall–Kier alpha value is -3.90. The lowest BCUT2D eigenvalue weighted by molar-refractivity contribution is -0.151. The van der Waals surface area contributed by atoms with Gasteiger partial charge in [0.1, 0.15) is 29.3 Å². The molecule has 0 unspecified atom stereocenters. The van der Waals surface area contributed by atoms with Gasteiger partial charge >= 0.3 is 5.97 Å². The van der Waals surface area contributed by atoms with Crippen LogP contribution in [0.1, 0.15) is 59.3 Å². The molecule has 2 aliphatic heterocycles. The molecule has 0 spiro atoms. The standard InChI is InChI=1S/C30H28O6/c1-30(2)29(36-26(33)16-13-19-9-5-3-6-10-19)22(18-34-30)27-23(31)15-14-21-24(32)17-25(35-28(21)27)20-11-7-4-8-12-20/h3-16,22,25,29,31H,17-18H2,1-2H3/b16-13+/t22-,25+,29+/m1/s1. The van der Waals surface area contributed by atoms with Crippen LogP contribution in [-0.2, 0) is 14.3 Å². The summed E-state index contributed by atoms with van der Waals surface area (Å²) in [6.07, 6.45) is 2.09. The molecular weight excluding hydrogens is 456 g/mol. The molecule has 0 amide bonds. The molecule has 5 rings (SSSR count). The molecule has 1 saturated heterocycles. The van der Waals surface area contributed by atoms with Gasteiger partial charge in [-0.15, -0.1) is 0 Å². The highest BCUT2D eigenvalue weighted by Gasteiger charge is 2.49. The number of carbonyl (C=O) groups excluding carboxylic acids is 2. The Balaban J connectivity index is 1.47. The Morgan fingerprint density at radius 3 is 2.44 bits per heavy atom. The predicted molar refractivity (Wildman–Crippen MR) is 135 cm³/mol. The maximum absolute atomic E-state index is 13.1. The molecule has 0 radical (unpaired) electrons. The summed E-state index contributed by atoms with van der Waals surface area (Å²) in [7, 11) is 0. The minimum atomic E-state index is -0.812. The first-order valence-electron chi connectivity index (χ1n) is 12.0. The van der Waals surface area contributed by atoms with Gasteiger partial charge < -0.3 is 19.3 Å². The van der Waals surface area contributed by atoms with Crippen molar-refractivity contribution >= 4 is 17.8 Å². The van der Waals surface area contributed by atoms with Crippen molar-refractivity contribution in [1.82, 2.24) is 0 Å². The second kappa shape index (κ2) is 9.63. The number of ether oxygens (including phenoxy) is 3. The van der Waals surface area contributed by atoms with E-state index in [9.17, 15) is 14.7 Å². The summed E-state index contributed by atoms with van der Waals surface area (Å²) in [6.45, 7) is 3.89. The van der Waals surface area contributed by atoms with E-state index in [1.165, 1.54) is 12.1 Å². The molecule has 6 heteroatoms. The normalized spacial score (nSPS) is 22.7. The zero-order chi connectivity index (χ0) is 25.3. The first-order chi connectivity index (χ1) is 17.3. The zero-order valence-corrected chi connectivity index (χ0v) is 20.2. The molecule has 0 aliphatic carbocycles. The highest BCUT2D eigenvalue weighted by atomic mass is 16.6. The maximum atomic E-state index is 13.1. The molecule has 0 saturated carbocycles. The van der Waals surface area contributed by atoms with E-state index in [0.29, 0.717) is 16.9 Å². The molecular formula is C30H28O6. The van der Waals surface area contributed by atoms with Gasteiger partial charge in [0.15, 0.2) is 5.78 Å². The highest BCUT2D eigenvalue weighted by molar-refractivity contribution is 6.01. The Morgan fingerprint density at radius 2 is 1.72 bits per heavy atom. The van der Waals surface area contributed by atoms with E-state index in [0.717, 1.165) is 11.1 Å². The van der Waals surface area contributed by atoms with Crippen molar-refractivity contribution in [2.45, 2.75) is 44.0 Å². The van der Waals surface area contributed by atoms with Crippen molar-refractivity contribution in [2.75, 3.05) is 6.61 Å². The average Bonchev–Trinajstić information content (AvgIpc) is 3.17. The summed E-state index contributed by atoms with van der Waals surface area (Å²) < 4.78 is 18.3. The first-order valence-corrected chi connectivity index (χ1v) is 12.0. The molecule has 36 heavy (non-hydrogen) atoms. The van der Waals surface area contributed by atoms with Crippen LogP contribution in [0, 0.1) is 0 Å². The van der Waals surface area contributed by atoms with Crippen LogP contribution in [0.3, 0.4) is 0 Å². The number of fused-ring (bicyclic) bond motifs is 1. The van der Waals surface area contributed by atoms with Crippen LogP contribution in [0.2, 0.25) is 0 Å². The topological polar surface area (TPSA) is 82.1 Å². The fourth-order valence-corrected chi connectivity index (χ4v) is 4.92. The molecule has 2 heterocycles. The zero-order valence-electron chi connectivity index (χ0n) is 20.2. The predicted octanol–water partition coefficient (Wildman–Crippen LogP) is 5.62. The summed E-state index contributed by atoms with van der Waals surface area (Å²) >= 11 is 0. The molecule has 6 nitrogen and oxygen atoms in total. The third-order valence-corrected chi connectivity index (χ3v) is 6.79. The number of aromatic hydroxyl groups is 1. The van der Waals surface area contributed by atoms with Gasteiger partial charge in [-0.3, -0.25) is 4.79 Å². The third-order valence-electron chi connectivity index (χ3n) is 6.79. The summed E-state index contributed by atoms with van der Waals surface area (Å²) in [5.74, 6) is -0.805. The van der Waals surface area contributed by atoms with Gasteiger partial charge in [-0.1, -0.05) is 60.7 Å². The molecule has 0 bridgehead atoms. The third kappa shape index (κ3) is 4.64. The van der Waals surface area contributed by atoms with Gasteiger partial charge in [-0.05, 0) is 43.2 Å². The number of rotatable bonds is 5. The molecule has 1 N–H and O–H groups in total. The van der Waals surface area contributed by atoms with Crippen LogP contribution in [0.25, 0.3) is 6.08 Å². The SMILES string of the molecule is CC1(C)OC[C@H](c2c(O)ccc3c2O[C@H](c2ccccc2)CC3=O)[C@@H]1OC(=O)/C=C/c1ccccc1. The highest BCUT2D eigenvalue weighted by Crippen LogP contribution is 2.49. The van der Waals surface area contributed by atoms with E-state index in [1.807, 2.05) is 74.5 Å². The largest absolute Gasteiger partial charge is 0.508 e. The molecule has 2 aliphatic rings. The molecule has 3 aromatic carbocycles. The van der Waals surface area contributed by atoms with E-state index in [2.05, 4.69) is 0 Å². The number of phenols is 1. The number of Topliss-reactive ketones (excluding diaryl/α,β-unsaturated/α-hetero) is 1. The second-order valence-corrected chi connectivity index (χ2v) is 9.64. The van der Waals surface area contributed by atoms with Crippen LogP contribution in [0.4, 0.5) is 0 Å². The number of benzene rings is 3. The Labute approximate surface area is 210 Å². The molecule has 0 aromatic heterocycles. The van der Waals surface area contributed by atoms with Crippen molar-refractivity contribution in [2.24, 2.45) is 0 Å². The lowest BCUT2D eigenvalue weighted by Crippen LogP contribution is -2.38. The minimum Gasteiger partial charge on any atom is -0.508 e. The van der Waals surface area contributed by atoms with Crippen LogP contribution in [-0.4, -0.2) is 35.2 Å². The van der Waals surface area contributed by atoms with Crippen molar-refractivity contribution in [3.63, 3.8) is 0 Å². The fraction of sp³-hybridized carbons (Fsp3) is 0.267. The summed E-state index contributed by atoms with van der Waals surface area (Å²) in [6, 6.07) is 22.1. The van der Waals surface area contributed by atoms with Crippen molar-refractivity contribution in [3.05, 3.63) is 101 Å². The van der Waals surface area contributed by atoms with Gasteiger partial charge in [-0.25, -0.2) is 4.79 Å². The number of hydrogen-bond acceptors (Lipinski definition) is 6. The van der Waals surface area contributed by atoms with Crippen LogP contribution in [0.15, 0.2) is 78.9 Å². The van der Waals surface area contributed by atoms with E-state index in [1.54, 1.807) is 12.1 Å². The number of ketones is 1. The average molecular weight is 485 g/mol. The maximum Gasteiger partial charge on any atom is 0.331 e. The Bertz CT molecular complexity index is 1300. The van der Waals surface area contributed by atoms with Crippen molar-refractivity contribution in [3.8, 4) is 11.5 Å². The lowest BCUT2D eigenvalue weighted by Gasteiger charge is -2.32. The monoisotopic (exact) mass is 484 g/mol. The van der Waals surface area contributed by atoms with Gasteiger partial charge in [-0.2, -0.15) is 0 Å². The molecule has 1 fully saturated rings. The van der Waals surface area contributed by atoms with Gasteiger partial charge in [0.2, 0.25) is 0 Å². The molecule has 184 valence electrons. The van der Waals surface area contributed by atoms with Gasteiger partial charge in [0.05, 0.1) is 24.5 Å².